The molecule has 1 aromatic heterocycles. The van der Waals surface area contributed by atoms with Crippen LogP contribution in [-0.2, 0) is 6.54 Å². The Morgan fingerprint density at radius 3 is 2.25 bits per heavy atom. The lowest BCUT2D eigenvalue weighted by Gasteiger charge is -2.11. The summed E-state index contributed by atoms with van der Waals surface area (Å²) in [5.41, 5.74) is 5.53. The van der Waals surface area contributed by atoms with Crippen molar-refractivity contribution in [1.82, 2.24) is 4.57 Å². The lowest BCUT2D eigenvalue weighted by Crippen LogP contribution is -2.08. The molecule has 3 heteroatoms. The van der Waals surface area contributed by atoms with Gasteiger partial charge in [-0.15, -0.1) is 0 Å². The number of benzene rings is 3. The van der Waals surface area contributed by atoms with Gasteiger partial charge in [0.25, 0.3) is 0 Å². The fourth-order valence-corrected chi connectivity index (χ4v) is 4.69. The number of aryl methyl sites for hydroxylation is 2. The smallest absolute Gasteiger partial charge is 0.177 e. The molecule has 2 nitrogen and oxygen atoms in total. The quantitative estimate of drug-likeness (QED) is 0.358. The molecule has 0 N–H and O–H groups in total. The molecule has 0 bridgehead atoms. The summed E-state index contributed by atoms with van der Waals surface area (Å²) in [4.78, 5) is 14.9. The molecule has 0 spiro atoms. The van der Waals surface area contributed by atoms with Gasteiger partial charge in [-0.3, -0.25) is 4.79 Å². The van der Waals surface area contributed by atoms with Crippen molar-refractivity contribution in [1.29, 1.82) is 0 Å². The third-order valence-electron chi connectivity index (χ3n) is 4.93. The highest BCUT2D eigenvalue weighted by molar-refractivity contribution is 7.99. The molecule has 0 atom stereocenters. The van der Waals surface area contributed by atoms with Crippen molar-refractivity contribution in [2.75, 3.05) is 0 Å². The Labute approximate surface area is 170 Å². The first-order chi connectivity index (χ1) is 13.5. The molecule has 0 saturated carbocycles. The minimum absolute atomic E-state index is 0.0967. The van der Waals surface area contributed by atoms with Crippen LogP contribution in [0.25, 0.3) is 10.9 Å². The third-order valence-corrected chi connectivity index (χ3v) is 6.06. The maximum Gasteiger partial charge on any atom is 0.177 e. The summed E-state index contributed by atoms with van der Waals surface area (Å²) in [5, 5.41) is 1.14. The van der Waals surface area contributed by atoms with Crippen LogP contribution in [0.3, 0.4) is 0 Å². The second kappa shape index (κ2) is 7.69. The first-order valence-electron chi connectivity index (χ1n) is 9.45. The molecule has 0 fully saturated rings. The largest absolute Gasteiger partial charge is 0.333 e. The summed E-state index contributed by atoms with van der Waals surface area (Å²) in [7, 11) is 0. The molecular weight excluding hydrogens is 362 g/mol. The first kappa shape index (κ1) is 18.6. The average Bonchev–Trinajstić information content (AvgIpc) is 2.97. The Morgan fingerprint density at radius 2 is 1.57 bits per heavy atom. The highest BCUT2D eigenvalue weighted by Gasteiger charge is 2.21. The van der Waals surface area contributed by atoms with Crippen LogP contribution >= 0.6 is 11.8 Å². The molecule has 140 valence electrons. The summed E-state index contributed by atoms with van der Waals surface area (Å²) in [6.07, 6.45) is 0. The van der Waals surface area contributed by atoms with Crippen molar-refractivity contribution in [3.05, 3.63) is 95.2 Å². The van der Waals surface area contributed by atoms with Crippen molar-refractivity contribution in [2.24, 2.45) is 0 Å². The van der Waals surface area contributed by atoms with Gasteiger partial charge in [0.2, 0.25) is 0 Å². The summed E-state index contributed by atoms with van der Waals surface area (Å²) in [6, 6.07) is 25.2. The molecule has 0 saturated heterocycles. The van der Waals surface area contributed by atoms with E-state index in [0.717, 1.165) is 26.4 Å². The zero-order valence-corrected chi connectivity index (χ0v) is 17.2. The van der Waals surface area contributed by atoms with Crippen LogP contribution in [-0.4, -0.2) is 10.4 Å². The number of hydrogen-bond donors (Lipinski definition) is 0. The Hall–Kier alpha value is -2.78. The predicted molar refractivity (Wildman–Crippen MR) is 118 cm³/mol. The number of ketones is 1. The lowest BCUT2D eigenvalue weighted by molar-refractivity contribution is 0.100. The van der Waals surface area contributed by atoms with Gasteiger partial charge in [-0.05, 0) is 43.7 Å². The minimum Gasteiger partial charge on any atom is -0.333 e. The third kappa shape index (κ3) is 3.63. The van der Waals surface area contributed by atoms with Crippen LogP contribution in [0.4, 0.5) is 0 Å². The van der Waals surface area contributed by atoms with Gasteiger partial charge in [-0.2, -0.15) is 0 Å². The molecule has 1 heterocycles. The SMILES string of the molecule is CC(=O)c1c(Sc2ccccc2)c2cc(C)ccc2n1Cc1ccc(C)cc1. The minimum atomic E-state index is 0.0967. The van der Waals surface area contributed by atoms with E-state index in [2.05, 4.69) is 73.0 Å². The number of aromatic nitrogens is 1. The summed E-state index contributed by atoms with van der Waals surface area (Å²) >= 11 is 1.67. The second-order valence-corrected chi connectivity index (χ2v) is 8.33. The standard InChI is InChI=1S/C25H23NOS/c1-17-9-12-20(13-10-17)16-26-23-14-11-18(2)15-22(23)25(24(26)19(3)27)28-21-7-5-4-6-8-21/h4-15H,16H2,1-3H3. The first-order valence-corrected chi connectivity index (χ1v) is 10.3. The monoisotopic (exact) mass is 385 g/mol. The van der Waals surface area contributed by atoms with Gasteiger partial charge in [0, 0.05) is 28.6 Å². The average molecular weight is 386 g/mol. The van der Waals surface area contributed by atoms with Crippen LogP contribution < -0.4 is 0 Å². The van der Waals surface area contributed by atoms with Crippen LogP contribution in [0, 0.1) is 13.8 Å². The van der Waals surface area contributed by atoms with Gasteiger partial charge in [-0.25, -0.2) is 0 Å². The van der Waals surface area contributed by atoms with Crippen molar-refractivity contribution < 1.29 is 4.79 Å². The van der Waals surface area contributed by atoms with E-state index in [-0.39, 0.29) is 5.78 Å². The molecule has 0 aliphatic rings. The normalized spacial score (nSPS) is 11.1. The van der Waals surface area contributed by atoms with E-state index in [0.29, 0.717) is 6.54 Å². The molecule has 4 aromatic rings. The van der Waals surface area contributed by atoms with Gasteiger partial charge in [0.15, 0.2) is 5.78 Å². The van der Waals surface area contributed by atoms with Gasteiger partial charge in [0.1, 0.15) is 0 Å². The number of nitrogens with zero attached hydrogens (tertiary/aromatic N) is 1. The summed E-state index contributed by atoms with van der Waals surface area (Å²) in [6.45, 7) is 6.54. The summed E-state index contributed by atoms with van der Waals surface area (Å²) in [5.74, 6) is 0.0967. The number of fused-ring (bicyclic) bond motifs is 1. The molecule has 0 aliphatic heterocycles. The van der Waals surface area contributed by atoms with Crippen LogP contribution in [0.2, 0.25) is 0 Å². The van der Waals surface area contributed by atoms with Crippen LogP contribution in [0.5, 0.6) is 0 Å². The number of rotatable bonds is 5. The maximum atomic E-state index is 12.7. The molecule has 28 heavy (non-hydrogen) atoms. The van der Waals surface area contributed by atoms with Gasteiger partial charge >= 0.3 is 0 Å². The fraction of sp³-hybridized carbons (Fsp3) is 0.160. The van der Waals surface area contributed by atoms with E-state index in [4.69, 9.17) is 0 Å². The highest BCUT2D eigenvalue weighted by atomic mass is 32.2. The number of hydrogen-bond acceptors (Lipinski definition) is 2. The van der Waals surface area contributed by atoms with E-state index in [1.165, 1.54) is 16.7 Å². The van der Waals surface area contributed by atoms with E-state index in [9.17, 15) is 4.79 Å². The van der Waals surface area contributed by atoms with Crippen molar-refractivity contribution >= 4 is 28.4 Å². The van der Waals surface area contributed by atoms with Gasteiger partial charge in [-0.1, -0.05) is 71.4 Å². The molecule has 0 amide bonds. The molecule has 3 aromatic carbocycles. The molecule has 4 rings (SSSR count). The number of carbonyl (C=O) groups excluding carboxylic acids is 1. The van der Waals surface area contributed by atoms with E-state index in [1.54, 1.807) is 18.7 Å². The van der Waals surface area contributed by atoms with E-state index < -0.39 is 0 Å². The van der Waals surface area contributed by atoms with Crippen molar-refractivity contribution in [3.63, 3.8) is 0 Å². The van der Waals surface area contributed by atoms with Crippen molar-refractivity contribution in [2.45, 2.75) is 37.1 Å². The van der Waals surface area contributed by atoms with Crippen LogP contribution in [0.15, 0.2) is 82.6 Å². The van der Waals surface area contributed by atoms with E-state index >= 15 is 0 Å². The lowest BCUT2D eigenvalue weighted by atomic mass is 10.1. The van der Waals surface area contributed by atoms with Crippen LogP contribution in [0.1, 0.15) is 34.1 Å². The van der Waals surface area contributed by atoms with Gasteiger partial charge < -0.3 is 4.57 Å². The number of carbonyl (C=O) groups is 1. The topological polar surface area (TPSA) is 22.0 Å². The zero-order valence-electron chi connectivity index (χ0n) is 16.4. The number of Topliss-reactive ketones (excluding diaryl/α,β-unsaturated/α-hetero) is 1. The van der Waals surface area contributed by atoms with Crippen molar-refractivity contribution in [3.8, 4) is 0 Å². The second-order valence-electron chi connectivity index (χ2n) is 7.24. The maximum absolute atomic E-state index is 12.7. The fourth-order valence-electron chi connectivity index (χ4n) is 3.54. The molecule has 0 aliphatic carbocycles. The Morgan fingerprint density at radius 1 is 0.893 bits per heavy atom. The zero-order chi connectivity index (χ0) is 19.7. The highest BCUT2D eigenvalue weighted by Crippen LogP contribution is 2.39. The molecular formula is C25H23NOS. The molecule has 0 unspecified atom stereocenters. The Bertz CT molecular complexity index is 1140. The molecule has 0 radical (unpaired) electrons. The predicted octanol–water partition coefficient (Wildman–Crippen LogP) is 6.66. The summed E-state index contributed by atoms with van der Waals surface area (Å²) < 4.78 is 2.17. The Balaban J connectivity index is 1.91. The van der Waals surface area contributed by atoms with E-state index in [1.807, 2.05) is 18.2 Å². The Kier molecular flexibility index (Phi) is 5.10. The van der Waals surface area contributed by atoms with Gasteiger partial charge in [0.05, 0.1) is 11.2 Å².